The molecule has 0 aliphatic carbocycles. The molecule has 0 saturated carbocycles. The zero-order chi connectivity index (χ0) is 13.5. The van der Waals surface area contributed by atoms with E-state index in [1.807, 2.05) is 25.2 Å². The number of ether oxygens (including phenoxy) is 1. The van der Waals surface area contributed by atoms with E-state index < -0.39 is 0 Å². The Bertz CT molecular complexity index is 410. The van der Waals surface area contributed by atoms with Crippen molar-refractivity contribution in [1.29, 1.82) is 0 Å². The minimum Gasteiger partial charge on any atom is -0.497 e. The first kappa shape index (κ1) is 15.0. The average Bonchev–Trinajstić information content (AvgIpc) is 2.38. The molecule has 0 heterocycles. The molecule has 0 atom stereocenters. The first-order valence-electron chi connectivity index (χ1n) is 5.78. The summed E-state index contributed by atoms with van der Waals surface area (Å²) >= 11 is 3.52. The lowest BCUT2D eigenvalue weighted by molar-refractivity contribution is -0.120. The fourth-order valence-corrected chi connectivity index (χ4v) is 1.96. The Labute approximate surface area is 116 Å². The van der Waals surface area contributed by atoms with Crippen molar-refractivity contribution in [3.63, 3.8) is 0 Å². The van der Waals surface area contributed by atoms with E-state index in [0.29, 0.717) is 6.42 Å². The number of methoxy groups -OCH3 is 1. The van der Waals surface area contributed by atoms with Crippen LogP contribution in [0.25, 0.3) is 0 Å². The van der Waals surface area contributed by atoms with E-state index in [1.54, 1.807) is 14.2 Å². The maximum absolute atomic E-state index is 11.2. The number of halogens is 1. The lowest BCUT2D eigenvalue weighted by atomic mass is 10.2. The predicted molar refractivity (Wildman–Crippen MR) is 75.7 cm³/mol. The van der Waals surface area contributed by atoms with Gasteiger partial charge >= 0.3 is 0 Å². The molecule has 0 unspecified atom stereocenters. The molecule has 100 valence electrons. The van der Waals surface area contributed by atoms with Crippen molar-refractivity contribution in [2.24, 2.45) is 0 Å². The first-order chi connectivity index (χ1) is 8.56. The third kappa shape index (κ3) is 4.66. The molecule has 1 aromatic carbocycles. The highest BCUT2D eigenvalue weighted by Crippen LogP contribution is 2.23. The van der Waals surface area contributed by atoms with Crippen LogP contribution in [0.15, 0.2) is 22.7 Å². The van der Waals surface area contributed by atoms with Crippen molar-refractivity contribution in [3.8, 4) is 5.75 Å². The molecule has 0 fully saturated rings. The highest BCUT2D eigenvalue weighted by molar-refractivity contribution is 9.10. The van der Waals surface area contributed by atoms with Crippen molar-refractivity contribution in [2.75, 3.05) is 27.7 Å². The lowest BCUT2D eigenvalue weighted by Crippen LogP contribution is -2.26. The van der Waals surface area contributed by atoms with Gasteiger partial charge in [-0.3, -0.25) is 4.79 Å². The summed E-state index contributed by atoms with van der Waals surface area (Å²) in [4.78, 5) is 13.3. The molecule has 0 saturated heterocycles. The molecule has 5 heteroatoms. The van der Waals surface area contributed by atoms with Gasteiger partial charge in [-0.15, -0.1) is 0 Å². The number of hydrogen-bond donors (Lipinski definition) is 1. The average molecular weight is 315 g/mol. The van der Waals surface area contributed by atoms with Crippen LogP contribution in [0.2, 0.25) is 0 Å². The third-order valence-corrected chi connectivity index (χ3v) is 3.47. The minimum atomic E-state index is 0.0616. The van der Waals surface area contributed by atoms with Crippen LogP contribution in [0.4, 0.5) is 0 Å². The van der Waals surface area contributed by atoms with Crippen LogP contribution in [0.1, 0.15) is 12.0 Å². The number of amides is 1. The molecule has 0 radical (unpaired) electrons. The summed E-state index contributed by atoms with van der Waals surface area (Å²) < 4.78 is 6.25. The lowest BCUT2D eigenvalue weighted by Gasteiger charge is -2.17. The van der Waals surface area contributed by atoms with Gasteiger partial charge in [0.1, 0.15) is 5.75 Å². The summed E-state index contributed by atoms with van der Waals surface area (Å²) in [6.07, 6.45) is 0.509. The van der Waals surface area contributed by atoms with Gasteiger partial charge in [-0.05, 0) is 30.8 Å². The fourth-order valence-electron chi connectivity index (χ4n) is 1.59. The second kappa shape index (κ2) is 7.38. The van der Waals surface area contributed by atoms with Crippen molar-refractivity contribution in [3.05, 3.63) is 28.2 Å². The number of carbonyl (C=O) groups is 1. The van der Waals surface area contributed by atoms with Gasteiger partial charge in [0.05, 0.1) is 7.11 Å². The zero-order valence-corrected chi connectivity index (χ0v) is 12.6. The van der Waals surface area contributed by atoms with E-state index in [0.717, 1.165) is 28.9 Å². The highest BCUT2D eigenvalue weighted by atomic mass is 79.9. The van der Waals surface area contributed by atoms with E-state index in [-0.39, 0.29) is 5.91 Å². The first-order valence-corrected chi connectivity index (χ1v) is 6.57. The number of benzene rings is 1. The molecule has 0 bridgehead atoms. The normalized spacial score (nSPS) is 10.5. The van der Waals surface area contributed by atoms with Gasteiger partial charge in [0.25, 0.3) is 0 Å². The quantitative estimate of drug-likeness (QED) is 0.873. The van der Waals surface area contributed by atoms with Crippen LogP contribution in [-0.4, -0.2) is 38.6 Å². The largest absolute Gasteiger partial charge is 0.497 e. The van der Waals surface area contributed by atoms with Crippen LogP contribution in [-0.2, 0) is 11.3 Å². The number of hydrogen-bond acceptors (Lipinski definition) is 3. The summed E-state index contributed by atoms with van der Waals surface area (Å²) in [6, 6.07) is 5.89. The monoisotopic (exact) mass is 314 g/mol. The molecule has 0 aliphatic heterocycles. The molecule has 1 N–H and O–H groups in total. The number of nitrogens with zero attached hydrogens (tertiary/aromatic N) is 1. The maximum Gasteiger partial charge on any atom is 0.221 e. The summed E-state index contributed by atoms with van der Waals surface area (Å²) in [5, 5.41) is 2.62. The second-order valence-corrected chi connectivity index (χ2v) is 4.97. The maximum atomic E-state index is 11.2. The second-order valence-electron chi connectivity index (χ2n) is 4.12. The standard InChI is InChI=1S/C13H19BrN2O2/c1-15-13(17)6-7-16(2)9-10-8-11(18-3)4-5-12(10)14/h4-5,8H,6-7,9H2,1-3H3,(H,15,17). The number of carbonyl (C=O) groups excluding carboxylic acids is 1. The van der Waals surface area contributed by atoms with E-state index in [2.05, 4.69) is 26.1 Å². The topological polar surface area (TPSA) is 41.6 Å². The fraction of sp³-hybridized carbons (Fsp3) is 0.462. The predicted octanol–water partition coefficient (Wildman–Crippen LogP) is 2.03. The Kier molecular flexibility index (Phi) is 6.15. The van der Waals surface area contributed by atoms with Gasteiger partial charge in [-0.25, -0.2) is 0 Å². The van der Waals surface area contributed by atoms with Gasteiger partial charge < -0.3 is 15.0 Å². The Hall–Kier alpha value is -1.07. The summed E-state index contributed by atoms with van der Waals surface area (Å²) in [7, 11) is 5.30. The molecule has 0 spiro atoms. The van der Waals surface area contributed by atoms with Crippen molar-refractivity contribution in [1.82, 2.24) is 10.2 Å². The molecule has 1 aromatic rings. The van der Waals surface area contributed by atoms with Crippen molar-refractivity contribution < 1.29 is 9.53 Å². The number of rotatable bonds is 6. The van der Waals surface area contributed by atoms with Crippen molar-refractivity contribution >= 4 is 21.8 Å². The van der Waals surface area contributed by atoms with Gasteiger partial charge in [0.2, 0.25) is 5.91 Å². The van der Waals surface area contributed by atoms with Gasteiger partial charge in [-0.2, -0.15) is 0 Å². The Morgan fingerprint density at radius 2 is 2.22 bits per heavy atom. The summed E-state index contributed by atoms with van der Waals surface area (Å²) in [6.45, 7) is 1.50. The minimum absolute atomic E-state index is 0.0616. The molecular formula is C13H19BrN2O2. The van der Waals surface area contributed by atoms with Crippen LogP contribution in [0, 0.1) is 0 Å². The van der Waals surface area contributed by atoms with Crippen molar-refractivity contribution in [2.45, 2.75) is 13.0 Å². The smallest absolute Gasteiger partial charge is 0.221 e. The molecule has 1 rings (SSSR count). The van der Waals surface area contributed by atoms with Crippen LogP contribution in [0.3, 0.4) is 0 Å². The Morgan fingerprint density at radius 3 is 2.83 bits per heavy atom. The van der Waals surface area contributed by atoms with E-state index in [4.69, 9.17) is 4.74 Å². The van der Waals surface area contributed by atoms with Crippen LogP contribution < -0.4 is 10.1 Å². The summed E-state index contributed by atoms with van der Waals surface area (Å²) in [5.74, 6) is 0.902. The van der Waals surface area contributed by atoms with Gasteiger partial charge in [-0.1, -0.05) is 15.9 Å². The molecular weight excluding hydrogens is 296 g/mol. The number of nitrogens with one attached hydrogen (secondary N) is 1. The van der Waals surface area contributed by atoms with E-state index in [1.165, 1.54) is 0 Å². The Balaban J connectivity index is 2.58. The summed E-state index contributed by atoms with van der Waals surface area (Å²) in [5.41, 5.74) is 1.15. The van der Waals surface area contributed by atoms with E-state index >= 15 is 0 Å². The SMILES string of the molecule is CNC(=O)CCN(C)Cc1cc(OC)ccc1Br. The highest BCUT2D eigenvalue weighted by Gasteiger charge is 2.07. The molecule has 18 heavy (non-hydrogen) atoms. The van der Waals surface area contributed by atoms with Gasteiger partial charge in [0, 0.05) is 31.0 Å². The molecule has 4 nitrogen and oxygen atoms in total. The molecule has 0 aliphatic rings. The van der Waals surface area contributed by atoms with E-state index in [9.17, 15) is 4.79 Å². The third-order valence-electron chi connectivity index (χ3n) is 2.69. The van der Waals surface area contributed by atoms with Crippen LogP contribution in [0.5, 0.6) is 5.75 Å². The molecule has 0 aromatic heterocycles. The molecule has 1 amide bonds. The Morgan fingerprint density at radius 1 is 1.50 bits per heavy atom. The van der Waals surface area contributed by atoms with Gasteiger partial charge in [0.15, 0.2) is 0 Å². The zero-order valence-electron chi connectivity index (χ0n) is 11.0. The van der Waals surface area contributed by atoms with Crippen LogP contribution >= 0.6 is 15.9 Å².